The van der Waals surface area contributed by atoms with Crippen molar-refractivity contribution < 1.29 is 9.18 Å². The van der Waals surface area contributed by atoms with Crippen LogP contribution in [-0.2, 0) is 17.9 Å². The minimum absolute atomic E-state index is 0.0867. The van der Waals surface area contributed by atoms with Gasteiger partial charge in [-0.1, -0.05) is 54.2 Å². The summed E-state index contributed by atoms with van der Waals surface area (Å²) in [6.45, 7) is 5.01. The van der Waals surface area contributed by atoms with Crippen LogP contribution in [0.4, 0.5) is 4.39 Å². The van der Waals surface area contributed by atoms with E-state index in [1.54, 1.807) is 25.2 Å². The average molecular weight is 399 g/mol. The van der Waals surface area contributed by atoms with E-state index < -0.39 is 0 Å². The first-order valence-corrected chi connectivity index (χ1v) is 10.1. The second-order valence-electron chi connectivity index (χ2n) is 6.50. The summed E-state index contributed by atoms with van der Waals surface area (Å²) >= 11 is 1.35. The molecule has 3 rings (SSSR count). The van der Waals surface area contributed by atoms with Gasteiger partial charge in [0.2, 0.25) is 5.91 Å². The van der Waals surface area contributed by atoms with Crippen LogP contribution in [0.2, 0.25) is 0 Å². The van der Waals surface area contributed by atoms with Gasteiger partial charge in [0.05, 0.1) is 5.75 Å². The number of benzene rings is 2. The number of carbonyl (C=O) groups excluding carboxylic acids is 1. The zero-order valence-corrected chi connectivity index (χ0v) is 17.0. The van der Waals surface area contributed by atoms with Gasteiger partial charge in [-0.15, -0.1) is 10.2 Å². The molecule has 0 atom stereocenters. The minimum atomic E-state index is -0.302. The third-order valence-corrected chi connectivity index (χ3v) is 5.49. The standard InChI is InChI=1S/C21H23FN4OS/c1-4-26-20(17-11-7-5-9-15(17)2)23-24-21(26)28-14-19(27)25(3)13-16-10-6-8-12-18(16)22/h5-12H,4,13-14H2,1-3H3. The Bertz CT molecular complexity index is 973. The first kappa shape index (κ1) is 20.1. The number of amides is 1. The fourth-order valence-electron chi connectivity index (χ4n) is 2.91. The summed E-state index contributed by atoms with van der Waals surface area (Å²) in [6.07, 6.45) is 0. The van der Waals surface area contributed by atoms with Crippen molar-refractivity contribution in [3.63, 3.8) is 0 Å². The van der Waals surface area contributed by atoms with Crippen LogP contribution < -0.4 is 0 Å². The monoisotopic (exact) mass is 398 g/mol. The van der Waals surface area contributed by atoms with Crippen molar-refractivity contribution in [2.75, 3.05) is 12.8 Å². The van der Waals surface area contributed by atoms with Crippen LogP contribution in [-0.4, -0.2) is 38.4 Å². The van der Waals surface area contributed by atoms with Gasteiger partial charge in [-0.3, -0.25) is 4.79 Å². The van der Waals surface area contributed by atoms with Crippen LogP contribution >= 0.6 is 11.8 Å². The molecule has 0 bridgehead atoms. The molecule has 5 nitrogen and oxygen atoms in total. The molecule has 146 valence electrons. The Morgan fingerprint density at radius 2 is 1.86 bits per heavy atom. The number of nitrogens with zero attached hydrogens (tertiary/aromatic N) is 4. The molecule has 0 fully saturated rings. The molecule has 7 heteroatoms. The zero-order valence-electron chi connectivity index (χ0n) is 16.2. The van der Waals surface area contributed by atoms with Gasteiger partial charge in [0.15, 0.2) is 11.0 Å². The van der Waals surface area contributed by atoms with Crippen LogP contribution in [0.1, 0.15) is 18.1 Å². The van der Waals surface area contributed by atoms with Crippen molar-refractivity contribution in [1.82, 2.24) is 19.7 Å². The van der Waals surface area contributed by atoms with Crippen molar-refractivity contribution in [2.24, 2.45) is 0 Å². The highest BCUT2D eigenvalue weighted by Gasteiger charge is 2.17. The third kappa shape index (κ3) is 4.42. The first-order chi connectivity index (χ1) is 13.5. The van der Waals surface area contributed by atoms with Crippen molar-refractivity contribution in [3.8, 4) is 11.4 Å². The van der Waals surface area contributed by atoms with Gasteiger partial charge >= 0.3 is 0 Å². The molecule has 1 aromatic heterocycles. The number of thioether (sulfide) groups is 1. The Morgan fingerprint density at radius 3 is 2.57 bits per heavy atom. The van der Waals surface area contributed by atoms with E-state index >= 15 is 0 Å². The molecule has 1 amide bonds. The molecule has 0 radical (unpaired) electrons. The van der Waals surface area contributed by atoms with E-state index in [4.69, 9.17) is 0 Å². The molecule has 0 unspecified atom stereocenters. The molecular formula is C21H23FN4OS. The second kappa shape index (κ2) is 9.01. The molecule has 0 aliphatic carbocycles. The maximum atomic E-state index is 13.8. The molecule has 0 aliphatic rings. The van der Waals surface area contributed by atoms with Gasteiger partial charge in [-0.05, 0) is 25.5 Å². The van der Waals surface area contributed by atoms with Gasteiger partial charge in [0.1, 0.15) is 5.82 Å². The smallest absolute Gasteiger partial charge is 0.233 e. The Balaban J connectivity index is 1.68. The quantitative estimate of drug-likeness (QED) is 0.561. The predicted octanol–water partition coefficient (Wildman–Crippen LogP) is 4.16. The predicted molar refractivity (Wildman–Crippen MR) is 109 cm³/mol. The molecule has 3 aromatic rings. The highest BCUT2D eigenvalue weighted by molar-refractivity contribution is 7.99. The van der Waals surface area contributed by atoms with Crippen molar-refractivity contribution in [2.45, 2.75) is 32.1 Å². The van der Waals surface area contributed by atoms with E-state index in [9.17, 15) is 9.18 Å². The lowest BCUT2D eigenvalue weighted by atomic mass is 10.1. The van der Waals surface area contributed by atoms with Crippen LogP contribution in [0.3, 0.4) is 0 Å². The van der Waals surface area contributed by atoms with E-state index in [1.165, 1.54) is 22.7 Å². The first-order valence-electron chi connectivity index (χ1n) is 9.10. The van der Waals surface area contributed by atoms with Crippen molar-refractivity contribution in [1.29, 1.82) is 0 Å². The molecule has 28 heavy (non-hydrogen) atoms. The van der Waals surface area contributed by atoms with Crippen LogP contribution in [0.25, 0.3) is 11.4 Å². The van der Waals surface area contributed by atoms with Crippen LogP contribution in [0, 0.1) is 12.7 Å². The van der Waals surface area contributed by atoms with Crippen LogP contribution in [0.5, 0.6) is 0 Å². The highest BCUT2D eigenvalue weighted by Crippen LogP contribution is 2.26. The molecule has 0 spiro atoms. The molecule has 0 saturated heterocycles. The van der Waals surface area contributed by atoms with E-state index in [0.29, 0.717) is 17.3 Å². The maximum absolute atomic E-state index is 13.8. The number of aromatic nitrogens is 3. The van der Waals surface area contributed by atoms with E-state index in [1.807, 2.05) is 42.7 Å². The summed E-state index contributed by atoms with van der Waals surface area (Å²) < 4.78 is 15.8. The van der Waals surface area contributed by atoms with Crippen molar-refractivity contribution >= 4 is 17.7 Å². The molecule has 0 saturated carbocycles. The van der Waals surface area contributed by atoms with Gasteiger partial charge in [-0.25, -0.2) is 4.39 Å². The maximum Gasteiger partial charge on any atom is 0.233 e. The number of hydrogen-bond donors (Lipinski definition) is 0. The number of rotatable bonds is 7. The van der Waals surface area contributed by atoms with Gasteiger partial charge in [0, 0.05) is 31.3 Å². The Morgan fingerprint density at radius 1 is 1.14 bits per heavy atom. The number of hydrogen-bond acceptors (Lipinski definition) is 4. The molecule has 0 aliphatic heterocycles. The summed E-state index contributed by atoms with van der Waals surface area (Å²) in [5, 5.41) is 9.32. The highest BCUT2D eigenvalue weighted by atomic mass is 32.2. The molecule has 0 N–H and O–H groups in total. The summed E-state index contributed by atoms with van der Waals surface area (Å²) in [5.41, 5.74) is 2.66. The van der Waals surface area contributed by atoms with Gasteiger partial charge < -0.3 is 9.47 Å². The largest absolute Gasteiger partial charge is 0.341 e. The zero-order chi connectivity index (χ0) is 20.1. The van der Waals surface area contributed by atoms with Crippen LogP contribution in [0.15, 0.2) is 53.7 Å². The fraction of sp³-hybridized carbons (Fsp3) is 0.286. The molecular weight excluding hydrogens is 375 g/mol. The normalized spacial score (nSPS) is 10.9. The lowest BCUT2D eigenvalue weighted by molar-refractivity contribution is -0.127. The van der Waals surface area contributed by atoms with E-state index in [0.717, 1.165) is 17.0 Å². The Hall–Kier alpha value is -2.67. The average Bonchev–Trinajstić information content (AvgIpc) is 3.10. The number of aryl methyl sites for hydroxylation is 1. The number of carbonyl (C=O) groups is 1. The van der Waals surface area contributed by atoms with E-state index in [-0.39, 0.29) is 24.0 Å². The topological polar surface area (TPSA) is 51.0 Å². The molecule has 2 aromatic carbocycles. The number of halogens is 1. The van der Waals surface area contributed by atoms with E-state index in [2.05, 4.69) is 10.2 Å². The molecule has 1 heterocycles. The fourth-order valence-corrected chi connectivity index (χ4v) is 3.85. The minimum Gasteiger partial charge on any atom is -0.341 e. The summed E-state index contributed by atoms with van der Waals surface area (Å²) in [7, 11) is 1.68. The van der Waals surface area contributed by atoms with Crippen molar-refractivity contribution in [3.05, 3.63) is 65.5 Å². The summed E-state index contributed by atoms with van der Waals surface area (Å²) in [4.78, 5) is 14.0. The lowest BCUT2D eigenvalue weighted by Gasteiger charge is -2.17. The van der Waals surface area contributed by atoms with Gasteiger partial charge in [-0.2, -0.15) is 0 Å². The Kier molecular flexibility index (Phi) is 6.46. The lowest BCUT2D eigenvalue weighted by Crippen LogP contribution is -2.28. The SMILES string of the molecule is CCn1c(SCC(=O)N(C)Cc2ccccc2F)nnc1-c1ccccc1C. The second-order valence-corrected chi connectivity index (χ2v) is 7.44. The third-order valence-electron chi connectivity index (χ3n) is 4.53. The summed E-state index contributed by atoms with van der Waals surface area (Å²) in [5.74, 6) is 0.631. The Labute approximate surface area is 168 Å². The van der Waals surface area contributed by atoms with Gasteiger partial charge in [0.25, 0.3) is 0 Å². The summed E-state index contributed by atoms with van der Waals surface area (Å²) in [6, 6.07) is 14.5.